The molecule has 3 heterocycles. The maximum absolute atomic E-state index is 13.1. The van der Waals surface area contributed by atoms with E-state index in [0.29, 0.717) is 12.4 Å². The molecular weight excluding hydrogens is 454 g/mol. The molecule has 2 saturated heterocycles. The standard InChI is InChI=1S/C25H34ClN5O3/c1-16-12-17(6-7-19(16)26)14-30-10-8-18(9-11-30)31-20(15-29(5)24(31)33)23(32)27-22-13-21(28-34-22)25(2,3)4/h6-7,12-13,18,20H,8-11,14-15H2,1-5H3,(H,27,32)/t20-/m0/s1. The number of aryl methyl sites for hydroxylation is 1. The summed E-state index contributed by atoms with van der Waals surface area (Å²) >= 11 is 6.15. The van der Waals surface area contributed by atoms with Gasteiger partial charge in [0, 0.05) is 49.2 Å². The molecule has 2 aliphatic rings. The Morgan fingerprint density at radius 3 is 2.56 bits per heavy atom. The number of carbonyl (C=O) groups excluding carboxylic acids is 2. The molecular formula is C25H34ClN5O3. The van der Waals surface area contributed by atoms with Crippen LogP contribution in [-0.2, 0) is 16.8 Å². The maximum Gasteiger partial charge on any atom is 0.320 e. The van der Waals surface area contributed by atoms with Crippen LogP contribution in [0.15, 0.2) is 28.8 Å². The van der Waals surface area contributed by atoms with E-state index < -0.39 is 6.04 Å². The molecule has 0 bridgehead atoms. The van der Waals surface area contributed by atoms with Gasteiger partial charge in [-0.25, -0.2) is 4.79 Å². The highest BCUT2D eigenvalue weighted by Crippen LogP contribution is 2.28. The highest BCUT2D eigenvalue weighted by Gasteiger charge is 2.44. The smallest absolute Gasteiger partial charge is 0.320 e. The summed E-state index contributed by atoms with van der Waals surface area (Å²) in [6, 6.07) is 7.25. The summed E-state index contributed by atoms with van der Waals surface area (Å²) < 4.78 is 5.33. The minimum absolute atomic E-state index is 0.0243. The second-order valence-electron chi connectivity index (χ2n) is 10.5. The van der Waals surface area contributed by atoms with E-state index in [1.165, 1.54) is 5.56 Å². The summed E-state index contributed by atoms with van der Waals surface area (Å²) in [7, 11) is 1.74. The average molecular weight is 488 g/mol. The third kappa shape index (κ3) is 5.23. The Balaban J connectivity index is 1.39. The first-order valence-corrected chi connectivity index (χ1v) is 12.2. The van der Waals surface area contributed by atoms with Gasteiger partial charge in [-0.1, -0.05) is 49.7 Å². The second-order valence-corrected chi connectivity index (χ2v) is 10.9. The second kappa shape index (κ2) is 9.58. The largest absolute Gasteiger partial charge is 0.338 e. The van der Waals surface area contributed by atoms with Crippen molar-refractivity contribution >= 4 is 29.4 Å². The monoisotopic (exact) mass is 487 g/mol. The van der Waals surface area contributed by atoms with Gasteiger partial charge in [0.1, 0.15) is 6.04 Å². The molecule has 1 atom stereocenters. The Labute approximate surface area is 206 Å². The molecule has 1 N–H and O–H groups in total. The number of piperidine rings is 1. The number of aromatic nitrogens is 1. The van der Waals surface area contributed by atoms with Crippen LogP contribution in [0.3, 0.4) is 0 Å². The van der Waals surface area contributed by atoms with E-state index >= 15 is 0 Å². The molecule has 1 aromatic heterocycles. The van der Waals surface area contributed by atoms with Crippen LogP contribution in [0.25, 0.3) is 0 Å². The number of benzene rings is 1. The van der Waals surface area contributed by atoms with Gasteiger partial charge in [-0.15, -0.1) is 0 Å². The Kier molecular flexibility index (Phi) is 6.92. The number of likely N-dealkylation sites (N-methyl/N-ethyl adjacent to an activating group) is 1. The van der Waals surface area contributed by atoms with Gasteiger partial charge in [0.2, 0.25) is 5.88 Å². The summed E-state index contributed by atoms with van der Waals surface area (Å²) in [5.74, 6) is 0.0679. The quantitative estimate of drug-likeness (QED) is 0.681. The zero-order valence-corrected chi connectivity index (χ0v) is 21.4. The molecule has 0 radical (unpaired) electrons. The SMILES string of the molecule is Cc1cc(CN2CCC(N3C(=O)N(C)C[C@H]3C(=O)Nc3cc(C(C)(C)C)no3)CC2)ccc1Cl. The molecule has 34 heavy (non-hydrogen) atoms. The lowest BCUT2D eigenvalue weighted by Gasteiger charge is -2.38. The van der Waals surface area contributed by atoms with E-state index in [1.807, 2.05) is 33.8 Å². The van der Waals surface area contributed by atoms with Crippen molar-refractivity contribution in [3.8, 4) is 0 Å². The number of nitrogens with one attached hydrogen (secondary N) is 1. The van der Waals surface area contributed by atoms with E-state index in [2.05, 4.69) is 27.5 Å². The lowest BCUT2D eigenvalue weighted by molar-refractivity contribution is -0.120. The zero-order valence-electron chi connectivity index (χ0n) is 20.6. The molecule has 8 nitrogen and oxygen atoms in total. The predicted molar refractivity (Wildman–Crippen MR) is 132 cm³/mol. The molecule has 184 valence electrons. The van der Waals surface area contributed by atoms with Crippen LogP contribution in [0.1, 0.15) is 50.4 Å². The number of hydrogen-bond acceptors (Lipinski definition) is 5. The van der Waals surface area contributed by atoms with Crippen LogP contribution in [-0.4, -0.2) is 70.6 Å². The highest BCUT2D eigenvalue weighted by atomic mass is 35.5. The van der Waals surface area contributed by atoms with Crippen molar-refractivity contribution in [1.29, 1.82) is 0 Å². The van der Waals surface area contributed by atoms with Gasteiger partial charge in [-0.2, -0.15) is 0 Å². The first-order chi connectivity index (χ1) is 16.0. The summed E-state index contributed by atoms with van der Waals surface area (Å²) in [5.41, 5.74) is 2.90. The van der Waals surface area contributed by atoms with Crippen molar-refractivity contribution in [3.63, 3.8) is 0 Å². The van der Waals surface area contributed by atoms with Crippen molar-refractivity contribution in [3.05, 3.63) is 46.1 Å². The summed E-state index contributed by atoms with van der Waals surface area (Å²) in [6.07, 6.45) is 1.65. The van der Waals surface area contributed by atoms with Crippen molar-refractivity contribution < 1.29 is 14.1 Å². The fourth-order valence-corrected chi connectivity index (χ4v) is 4.80. The van der Waals surface area contributed by atoms with Gasteiger partial charge in [0.25, 0.3) is 5.91 Å². The third-order valence-electron chi connectivity index (χ3n) is 6.74. The fraction of sp³-hybridized carbons (Fsp3) is 0.560. The van der Waals surface area contributed by atoms with E-state index in [1.54, 1.807) is 22.9 Å². The Hall–Kier alpha value is -2.58. The molecule has 0 spiro atoms. The van der Waals surface area contributed by atoms with Crippen LogP contribution < -0.4 is 5.32 Å². The number of nitrogens with zero attached hydrogens (tertiary/aromatic N) is 4. The van der Waals surface area contributed by atoms with Crippen LogP contribution in [0.5, 0.6) is 0 Å². The summed E-state index contributed by atoms with van der Waals surface area (Å²) in [4.78, 5) is 31.9. The van der Waals surface area contributed by atoms with Crippen LogP contribution in [0.2, 0.25) is 5.02 Å². The summed E-state index contributed by atoms with van der Waals surface area (Å²) in [5, 5.41) is 7.67. The van der Waals surface area contributed by atoms with E-state index in [4.69, 9.17) is 16.1 Å². The maximum atomic E-state index is 13.1. The molecule has 1 aromatic carbocycles. The number of urea groups is 1. The number of anilines is 1. The molecule has 2 aliphatic heterocycles. The van der Waals surface area contributed by atoms with Gasteiger partial charge in [-0.3, -0.25) is 15.0 Å². The topological polar surface area (TPSA) is 81.9 Å². The Bertz CT molecular complexity index is 1060. The zero-order chi connectivity index (χ0) is 24.6. The van der Waals surface area contributed by atoms with Crippen molar-refractivity contribution in [2.24, 2.45) is 0 Å². The molecule has 2 aromatic rings. The van der Waals surface area contributed by atoms with Crippen molar-refractivity contribution in [1.82, 2.24) is 19.9 Å². The number of likely N-dealkylation sites (tertiary alicyclic amines) is 1. The average Bonchev–Trinajstić information content (AvgIpc) is 3.36. The van der Waals surface area contributed by atoms with Crippen molar-refractivity contribution in [2.75, 3.05) is 32.0 Å². The first kappa shape index (κ1) is 24.5. The number of carbonyl (C=O) groups is 2. The lowest BCUT2D eigenvalue weighted by atomic mass is 9.92. The van der Waals surface area contributed by atoms with Crippen molar-refractivity contribution in [2.45, 2.75) is 64.6 Å². The summed E-state index contributed by atoms with van der Waals surface area (Å²) in [6.45, 7) is 11.0. The molecule has 4 rings (SSSR count). The molecule has 0 saturated carbocycles. The Morgan fingerprint density at radius 1 is 1.24 bits per heavy atom. The van der Waals surface area contributed by atoms with Gasteiger partial charge >= 0.3 is 6.03 Å². The highest BCUT2D eigenvalue weighted by molar-refractivity contribution is 6.31. The normalized spacial score (nSPS) is 20.3. The fourth-order valence-electron chi connectivity index (χ4n) is 4.69. The first-order valence-electron chi connectivity index (χ1n) is 11.8. The molecule has 0 aliphatic carbocycles. The van der Waals surface area contributed by atoms with Gasteiger partial charge < -0.3 is 14.3 Å². The number of hydrogen-bond donors (Lipinski definition) is 1. The lowest BCUT2D eigenvalue weighted by Crippen LogP contribution is -2.52. The van der Waals surface area contributed by atoms with Gasteiger partial charge in [0.05, 0.1) is 12.2 Å². The number of amides is 3. The van der Waals surface area contributed by atoms with E-state index in [9.17, 15) is 9.59 Å². The van der Waals surface area contributed by atoms with E-state index in [-0.39, 0.29) is 23.4 Å². The number of halogens is 1. The number of rotatable bonds is 5. The minimum atomic E-state index is -0.559. The van der Waals surface area contributed by atoms with Crippen LogP contribution >= 0.6 is 11.6 Å². The van der Waals surface area contributed by atoms with Crippen LogP contribution in [0, 0.1) is 6.92 Å². The van der Waals surface area contributed by atoms with E-state index in [0.717, 1.165) is 48.8 Å². The van der Waals surface area contributed by atoms with Gasteiger partial charge in [-0.05, 0) is 37.0 Å². The molecule has 9 heteroatoms. The predicted octanol–water partition coefficient (Wildman–Crippen LogP) is 4.27. The molecule has 0 unspecified atom stereocenters. The van der Waals surface area contributed by atoms with Gasteiger partial charge in [0.15, 0.2) is 0 Å². The Morgan fingerprint density at radius 2 is 1.94 bits per heavy atom. The van der Waals surface area contributed by atoms with Crippen LogP contribution in [0.4, 0.5) is 10.7 Å². The minimum Gasteiger partial charge on any atom is -0.338 e. The molecule has 3 amide bonds. The molecule has 2 fully saturated rings. The third-order valence-corrected chi connectivity index (χ3v) is 7.16.